The van der Waals surface area contributed by atoms with Crippen molar-refractivity contribution in [3.8, 4) is 5.75 Å². The Morgan fingerprint density at radius 2 is 1.65 bits per heavy atom. The molecule has 0 unspecified atom stereocenters. The third-order valence-electron chi connectivity index (χ3n) is 6.41. The molecule has 2 heterocycles. The number of carbonyl (C=O) groups is 2. The molecule has 1 saturated heterocycles. The van der Waals surface area contributed by atoms with Gasteiger partial charge in [0.15, 0.2) is 0 Å². The van der Waals surface area contributed by atoms with Gasteiger partial charge in [0.05, 0.1) is 23.9 Å². The van der Waals surface area contributed by atoms with Gasteiger partial charge in [-0.2, -0.15) is 0 Å². The number of aromatic nitrogens is 1. The lowest BCUT2D eigenvalue weighted by Gasteiger charge is -2.33. The van der Waals surface area contributed by atoms with Crippen molar-refractivity contribution in [1.82, 2.24) is 14.8 Å². The zero-order valence-corrected chi connectivity index (χ0v) is 20.0. The number of carbonyl (C=O) groups excluding carboxylic acids is 2. The first-order chi connectivity index (χ1) is 16.5. The van der Waals surface area contributed by atoms with Gasteiger partial charge in [-0.15, -0.1) is 0 Å². The number of rotatable bonds is 6. The summed E-state index contributed by atoms with van der Waals surface area (Å²) in [5.74, 6) is 0.667. The van der Waals surface area contributed by atoms with Crippen LogP contribution < -0.4 is 4.74 Å². The van der Waals surface area contributed by atoms with Gasteiger partial charge in [0.1, 0.15) is 5.75 Å². The van der Waals surface area contributed by atoms with E-state index in [9.17, 15) is 9.59 Å². The smallest absolute Gasteiger partial charge is 0.257 e. The second-order valence-corrected chi connectivity index (χ2v) is 8.80. The number of methoxy groups -OCH3 is 1. The molecule has 176 valence electrons. The first-order valence-corrected chi connectivity index (χ1v) is 11.7. The monoisotopic (exact) mass is 457 g/mol. The van der Waals surface area contributed by atoms with E-state index in [2.05, 4.69) is 0 Å². The molecule has 0 spiro atoms. The molecule has 34 heavy (non-hydrogen) atoms. The van der Waals surface area contributed by atoms with Crippen LogP contribution in [0.4, 0.5) is 0 Å². The number of nitrogens with zero attached hydrogens (tertiary/aromatic N) is 3. The first kappa shape index (κ1) is 23.5. The molecular formula is C28H31N3O3. The number of para-hydroxylation sites is 1. The quantitative estimate of drug-likeness (QED) is 0.539. The lowest BCUT2D eigenvalue weighted by atomic mass is 9.89. The Kier molecular flexibility index (Phi) is 7.26. The molecule has 1 aromatic heterocycles. The fourth-order valence-corrected chi connectivity index (χ4v) is 4.55. The summed E-state index contributed by atoms with van der Waals surface area (Å²) >= 11 is 0. The summed E-state index contributed by atoms with van der Waals surface area (Å²) in [6, 6.07) is 21.1. The number of likely N-dealkylation sites (tertiary alicyclic amines) is 1. The van der Waals surface area contributed by atoms with Crippen molar-refractivity contribution in [3.63, 3.8) is 0 Å². The fourth-order valence-electron chi connectivity index (χ4n) is 4.55. The van der Waals surface area contributed by atoms with E-state index in [0.29, 0.717) is 36.5 Å². The number of pyridine rings is 1. The predicted molar refractivity (Wildman–Crippen MR) is 132 cm³/mol. The molecule has 0 N–H and O–H groups in total. The molecule has 0 atom stereocenters. The summed E-state index contributed by atoms with van der Waals surface area (Å²) < 4.78 is 5.37. The molecule has 0 saturated carbocycles. The largest absolute Gasteiger partial charge is 0.496 e. The van der Waals surface area contributed by atoms with Crippen LogP contribution in [0, 0.1) is 6.92 Å². The Morgan fingerprint density at radius 3 is 2.35 bits per heavy atom. The van der Waals surface area contributed by atoms with E-state index in [-0.39, 0.29) is 17.7 Å². The molecular weight excluding hydrogens is 426 g/mol. The van der Waals surface area contributed by atoms with Gasteiger partial charge in [0, 0.05) is 38.3 Å². The van der Waals surface area contributed by atoms with Crippen LogP contribution in [0.2, 0.25) is 0 Å². The van der Waals surface area contributed by atoms with Crippen molar-refractivity contribution in [3.05, 3.63) is 94.8 Å². The van der Waals surface area contributed by atoms with E-state index in [1.54, 1.807) is 24.1 Å². The van der Waals surface area contributed by atoms with Gasteiger partial charge in [-0.1, -0.05) is 42.5 Å². The molecule has 1 aliphatic heterocycles. The molecule has 6 nitrogen and oxygen atoms in total. The average molecular weight is 458 g/mol. The molecule has 3 aromatic rings. The molecule has 1 fully saturated rings. The Labute approximate surface area is 201 Å². The minimum absolute atomic E-state index is 0.0213. The fraction of sp³-hybridized carbons (Fsp3) is 0.321. The third kappa shape index (κ3) is 5.11. The Hall–Kier alpha value is -3.67. The second-order valence-electron chi connectivity index (χ2n) is 8.80. The minimum Gasteiger partial charge on any atom is -0.496 e. The number of amides is 2. The number of hydrogen-bond donors (Lipinski definition) is 0. The van der Waals surface area contributed by atoms with Crippen LogP contribution >= 0.6 is 0 Å². The number of benzene rings is 2. The van der Waals surface area contributed by atoms with Crippen molar-refractivity contribution < 1.29 is 14.3 Å². The van der Waals surface area contributed by atoms with Gasteiger partial charge in [0.2, 0.25) is 0 Å². The van der Waals surface area contributed by atoms with Crippen LogP contribution in [-0.4, -0.2) is 53.8 Å². The van der Waals surface area contributed by atoms with Crippen LogP contribution in [0.5, 0.6) is 5.75 Å². The highest BCUT2D eigenvalue weighted by Gasteiger charge is 2.30. The van der Waals surface area contributed by atoms with E-state index >= 15 is 0 Å². The summed E-state index contributed by atoms with van der Waals surface area (Å²) in [7, 11) is 3.41. The standard InChI is InChI=1S/C28H31N3O3/c1-20-13-14-24(27(32)30(2)19-21-9-5-4-6-10-21)26(29-20)22-15-17-31(18-16-22)28(33)23-11-7-8-12-25(23)34-3/h4-14,22H,15-19H2,1-3H3. The summed E-state index contributed by atoms with van der Waals surface area (Å²) in [5, 5.41) is 0. The highest BCUT2D eigenvalue weighted by molar-refractivity contribution is 5.97. The van der Waals surface area contributed by atoms with Crippen molar-refractivity contribution in [2.45, 2.75) is 32.2 Å². The lowest BCUT2D eigenvalue weighted by molar-refractivity contribution is 0.0703. The van der Waals surface area contributed by atoms with Crippen LogP contribution in [0.3, 0.4) is 0 Å². The first-order valence-electron chi connectivity index (χ1n) is 11.7. The summed E-state index contributed by atoms with van der Waals surface area (Å²) in [6.07, 6.45) is 1.53. The van der Waals surface area contributed by atoms with Gasteiger partial charge in [-0.05, 0) is 49.6 Å². The number of ether oxygens (including phenoxy) is 1. The van der Waals surface area contributed by atoms with E-state index in [0.717, 1.165) is 29.8 Å². The normalized spacial score (nSPS) is 14.0. The Morgan fingerprint density at radius 1 is 0.971 bits per heavy atom. The SMILES string of the molecule is COc1ccccc1C(=O)N1CCC(c2nc(C)ccc2C(=O)N(C)Cc2ccccc2)CC1. The van der Waals surface area contributed by atoms with Crippen molar-refractivity contribution in [2.75, 3.05) is 27.2 Å². The molecule has 6 heteroatoms. The van der Waals surface area contributed by atoms with Crippen molar-refractivity contribution >= 4 is 11.8 Å². The maximum Gasteiger partial charge on any atom is 0.257 e. The molecule has 0 aliphatic carbocycles. The predicted octanol–water partition coefficient (Wildman–Crippen LogP) is 4.69. The van der Waals surface area contributed by atoms with E-state index in [1.165, 1.54) is 0 Å². The van der Waals surface area contributed by atoms with Crippen molar-refractivity contribution in [1.29, 1.82) is 0 Å². The number of hydrogen-bond acceptors (Lipinski definition) is 4. The third-order valence-corrected chi connectivity index (χ3v) is 6.41. The Bertz CT molecular complexity index is 1150. The van der Waals surface area contributed by atoms with Gasteiger partial charge < -0.3 is 14.5 Å². The van der Waals surface area contributed by atoms with Gasteiger partial charge in [-0.3, -0.25) is 14.6 Å². The lowest BCUT2D eigenvalue weighted by Crippen LogP contribution is -2.38. The molecule has 2 amide bonds. The zero-order chi connectivity index (χ0) is 24.1. The topological polar surface area (TPSA) is 62.7 Å². The number of aryl methyl sites for hydroxylation is 1. The maximum atomic E-state index is 13.4. The summed E-state index contributed by atoms with van der Waals surface area (Å²) in [5.41, 5.74) is 4.05. The maximum absolute atomic E-state index is 13.4. The molecule has 4 rings (SSSR count). The van der Waals surface area contributed by atoms with E-state index in [1.807, 2.05) is 73.5 Å². The van der Waals surface area contributed by atoms with Crippen LogP contribution in [0.25, 0.3) is 0 Å². The molecule has 2 aromatic carbocycles. The minimum atomic E-state index is -0.0288. The molecule has 0 bridgehead atoms. The van der Waals surface area contributed by atoms with E-state index in [4.69, 9.17) is 9.72 Å². The van der Waals surface area contributed by atoms with Gasteiger partial charge in [-0.25, -0.2) is 0 Å². The van der Waals surface area contributed by atoms with Gasteiger partial charge in [0.25, 0.3) is 11.8 Å². The molecule has 1 aliphatic rings. The average Bonchev–Trinajstić information content (AvgIpc) is 2.88. The van der Waals surface area contributed by atoms with E-state index < -0.39 is 0 Å². The summed E-state index contributed by atoms with van der Waals surface area (Å²) in [6.45, 7) is 3.72. The van der Waals surface area contributed by atoms with Crippen LogP contribution in [-0.2, 0) is 6.54 Å². The highest BCUT2D eigenvalue weighted by Crippen LogP contribution is 2.31. The number of piperidine rings is 1. The summed E-state index contributed by atoms with van der Waals surface area (Å²) in [4.78, 5) is 34.8. The van der Waals surface area contributed by atoms with Crippen LogP contribution in [0.1, 0.15) is 56.4 Å². The van der Waals surface area contributed by atoms with Crippen LogP contribution in [0.15, 0.2) is 66.7 Å². The zero-order valence-electron chi connectivity index (χ0n) is 20.0. The van der Waals surface area contributed by atoms with Crippen molar-refractivity contribution in [2.24, 2.45) is 0 Å². The highest BCUT2D eigenvalue weighted by atomic mass is 16.5. The Balaban J connectivity index is 1.48. The molecule has 0 radical (unpaired) electrons. The van der Waals surface area contributed by atoms with Gasteiger partial charge >= 0.3 is 0 Å². The second kappa shape index (κ2) is 10.5.